The van der Waals surface area contributed by atoms with Gasteiger partial charge in [-0.25, -0.2) is 8.78 Å². The van der Waals surface area contributed by atoms with Crippen LogP contribution in [0.3, 0.4) is 0 Å². The lowest BCUT2D eigenvalue weighted by molar-refractivity contribution is -0.122. The molecule has 104 valence electrons. The normalized spacial score (nSPS) is 20.3. The van der Waals surface area contributed by atoms with Crippen LogP contribution in [-0.2, 0) is 4.79 Å². The van der Waals surface area contributed by atoms with E-state index in [1.165, 1.54) is 6.07 Å². The first-order chi connectivity index (χ1) is 9.08. The molecule has 0 unspecified atom stereocenters. The second-order valence-corrected chi connectivity index (χ2v) is 4.97. The van der Waals surface area contributed by atoms with E-state index in [0.29, 0.717) is 12.1 Å². The molecular formula is C14H18F2N2O. The van der Waals surface area contributed by atoms with Gasteiger partial charge in [0.25, 0.3) is 0 Å². The molecule has 1 amide bonds. The fourth-order valence-electron chi connectivity index (χ4n) is 2.22. The Labute approximate surface area is 111 Å². The van der Waals surface area contributed by atoms with E-state index in [-0.39, 0.29) is 17.9 Å². The summed E-state index contributed by atoms with van der Waals surface area (Å²) in [5, 5.41) is 5.95. The molecule has 3 nitrogen and oxygen atoms in total. The monoisotopic (exact) mass is 268 g/mol. The average molecular weight is 268 g/mol. The molecule has 1 aliphatic heterocycles. The van der Waals surface area contributed by atoms with Crippen molar-refractivity contribution in [3.8, 4) is 0 Å². The van der Waals surface area contributed by atoms with Gasteiger partial charge in [0.1, 0.15) is 0 Å². The van der Waals surface area contributed by atoms with Crippen LogP contribution in [0.25, 0.3) is 0 Å². The Morgan fingerprint density at radius 1 is 1.47 bits per heavy atom. The lowest BCUT2D eigenvalue weighted by Gasteiger charge is -2.16. The van der Waals surface area contributed by atoms with Crippen LogP contribution < -0.4 is 10.6 Å². The molecule has 1 fully saturated rings. The Hall–Kier alpha value is -1.49. The standard InChI is InChI=1S/C14H18F2N2O/c1-9(10-4-5-11(15)12(16)7-10)8-18-14(19)13-3-2-6-17-13/h4-5,7,9,13,17H,2-3,6,8H2,1H3,(H,18,19)/t9-,13+/m1/s1. The maximum absolute atomic E-state index is 13.1. The molecule has 1 aromatic carbocycles. The highest BCUT2D eigenvalue weighted by Gasteiger charge is 2.22. The molecule has 1 aliphatic rings. The summed E-state index contributed by atoms with van der Waals surface area (Å²) in [5.74, 6) is -1.78. The number of nitrogens with one attached hydrogen (secondary N) is 2. The number of hydrogen-bond donors (Lipinski definition) is 2. The molecule has 19 heavy (non-hydrogen) atoms. The van der Waals surface area contributed by atoms with E-state index >= 15 is 0 Å². The van der Waals surface area contributed by atoms with Gasteiger partial charge in [-0.15, -0.1) is 0 Å². The minimum absolute atomic E-state index is 0.0214. The van der Waals surface area contributed by atoms with Crippen molar-refractivity contribution in [1.29, 1.82) is 0 Å². The molecule has 0 bridgehead atoms. The molecule has 0 aliphatic carbocycles. The van der Waals surface area contributed by atoms with E-state index in [9.17, 15) is 13.6 Å². The molecule has 0 radical (unpaired) electrons. The quantitative estimate of drug-likeness (QED) is 0.876. The largest absolute Gasteiger partial charge is 0.354 e. The van der Waals surface area contributed by atoms with E-state index in [1.807, 2.05) is 6.92 Å². The van der Waals surface area contributed by atoms with Crippen molar-refractivity contribution >= 4 is 5.91 Å². The molecule has 2 atom stereocenters. The minimum atomic E-state index is -0.854. The highest BCUT2D eigenvalue weighted by atomic mass is 19.2. The summed E-state index contributed by atoms with van der Waals surface area (Å²) in [6.07, 6.45) is 1.86. The van der Waals surface area contributed by atoms with Gasteiger partial charge in [-0.3, -0.25) is 4.79 Å². The zero-order valence-electron chi connectivity index (χ0n) is 10.9. The van der Waals surface area contributed by atoms with Crippen molar-refractivity contribution in [2.45, 2.75) is 31.7 Å². The fraction of sp³-hybridized carbons (Fsp3) is 0.500. The van der Waals surface area contributed by atoms with Crippen molar-refractivity contribution < 1.29 is 13.6 Å². The first kappa shape index (κ1) is 13.9. The maximum Gasteiger partial charge on any atom is 0.237 e. The van der Waals surface area contributed by atoms with Gasteiger partial charge in [-0.1, -0.05) is 13.0 Å². The number of rotatable bonds is 4. The van der Waals surface area contributed by atoms with Gasteiger partial charge >= 0.3 is 0 Å². The molecule has 0 aromatic heterocycles. The summed E-state index contributed by atoms with van der Waals surface area (Å²) in [6.45, 7) is 3.16. The molecule has 2 N–H and O–H groups in total. The number of carbonyl (C=O) groups is 1. The van der Waals surface area contributed by atoms with Crippen molar-refractivity contribution in [3.63, 3.8) is 0 Å². The van der Waals surface area contributed by atoms with Gasteiger partial charge in [-0.05, 0) is 43.0 Å². The van der Waals surface area contributed by atoms with E-state index < -0.39 is 11.6 Å². The predicted molar refractivity (Wildman–Crippen MR) is 68.8 cm³/mol. The van der Waals surface area contributed by atoms with Crippen molar-refractivity contribution in [2.24, 2.45) is 0 Å². The Kier molecular flexibility index (Phi) is 4.47. The second-order valence-electron chi connectivity index (χ2n) is 4.97. The highest BCUT2D eigenvalue weighted by Crippen LogP contribution is 2.17. The van der Waals surface area contributed by atoms with Crippen LogP contribution in [0.2, 0.25) is 0 Å². The summed E-state index contributed by atoms with van der Waals surface area (Å²) in [4.78, 5) is 11.8. The zero-order valence-corrected chi connectivity index (χ0v) is 10.9. The Morgan fingerprint density at radius 2 is 2.26 bits per heavy atom. The lowest BCUT2D eigenvalue weighted by atomic mass is 10.0. The smallest absolute Gasteiger partial charge is 0.237 e. The topological polar surface area (TPSA) is 41.1 Å². The van der Waals surface area contributed by atoms with Crippen LogP contribution in [-0.4, -0.2) is 25.0 Å². The molecule has 5 heteroatoms. The predicted octanol–water partition coefficient (Wildman–Crippen LogP) is 1.94. The van der Waals surface area contributed by atoms with Crippen LogP contribution >= 0.6 is 0 Å². The fourth-order valence-corrected chi connectivity index (χ4v) is 2.22. The lowest BCUT2D eigenvalue weighted by Crippen LogP contribution is -2.41. The second kappa shape index (κ2) is 6.10. The molecule has 2 rings (SSSR count). The minimum Gasteiger partial charge on any atom is -0.354 e. The number of hydrogen-bond acceptors (Lipinski definition) is 2. The first-order valence-electron chi connectivity index (χ1n) is 6.54. The van der Waals surface area contributed by atoms with E-state index in [2.05, 4.69) is 10.6 Å². The van der Waals surface area contributed by atoms with Crippen LogP contribution in [0.15, 0.2) is 18.2 Å². The summed E-state index contributed by atoms with van der Waals surface area (Å²) in [6, 6.07) is 3.72. The SMILES string of the molecule is C[C@H](CNC(=O)[C@@H]1CCCN1)c1ccc(F)c(F)c1. The van der Waals surface area contributed by atoms with E-state index in [4.69, 9.17) is 0 Å². The third kappa shape index (κ3) is 3.50. The summed E-state index contributed by atoms with van der Waals surface area (Å²) >= 11 is 0. The molecule has 1 aromatic rings. The number of carbonyl (C=O) groups excluding carboxylic acids is 1. The Balaban J connectivity index is 1.88. The van der Waals surface area contributed by atoms with Gasteiger partial charge in [0.2, 0.25) is 5.91 Å². The Bertz CT molecular complexity index is 459. The zero-order chi connectivity index (χ0) is 13.8. The van der Waals surface area contributed by atoms with E-state index in [0.717, 1.165) is 25.5 Å². The van der Waals surface area contributed by atoms with Crippen LogP contribution in [0, 0.1) is 11.6 Å². The number of halogens is 2. The average Bonchev–Trinajstić information content (AvgIpc) is 2.92. The Morgan fingerprint density at radius 3 is 2.89 bits per heavy atom. The summed E-state index contributed by atoms with van der Waals surface area (Å²) in [7, 11) is 0. The first-order valence-corrected chi connectivity index (χ1v) is 6.54. The van der Waals surface area contributed by atoms with Crippen LogP contribution in [0.4, 0.5) is 8.78 Å². The summed E-state index contributed by atoms with van der Waals surface area (Å²) < 4.78 is 25.9. The van der Waals surface area contributed by atoms with Crippen molar-refractivity contribution in [1.82, 2.24) is 10.6 Å². The molecule has 0 saturated carbocycles. The molecule has 0 spiro atoms. The van der Waals surface area contributed by atoms with Gasteiger partial charge in [-0.2, -0.15) is 0 Å². The van der Waals surface area contributed by atoms with E-state index in [1.54, 1.807) is 6.07 Å². The number of amides is 1. The van der Waals surface area contributed by atoms with Gasteiger partial charge in [0.15, 0.2) is 11.6 Å². The van der Waals surface area contributed by atoms with Gasteiger partial charge < -0.3 is 10.6 Å². The summed E-state index contributed by atoms with van der Waals surface area (Å²) in [5.41, 5.74) is 0.679. The third-order valence-corrected chi connectivity index (χ3v) is 3.47. The van der Waals surface area contributed by atoms with Crippen molar-refractivity contribution in [3.05, 3.63) is 35.4 Å². The van der Waals surface area contributed by atoms with Crippen LogP contribution in [0.5, 0.6) is 0 Å². The van der Waals surface area contributed by atoms with Gasteiger partial charge in [0.05, 0.1) is 6.04 Å². The third-order valence-electron chi connectivity index (χ3n) is 3.47. The molecular weight excluding hydrogens is 250 g/mol. The maximum atomic E-state index is 13.1. The number of benzene rings is 1. The van der Waals surface area contributed by atoms with Crippen molar-refractivity contribution in [2.75, 3.05) is 13.1 Å². The van der Waals surface area contributed by atoms with Gasteiger partial charge in [0, 0.05) is 6.54 Å². The molecule has 1 saturated heterocycles. The highest BCUT2D eigenvalue weighted by molar-refractivity contribution is 5.82. The molecule has 1 heterocycles. The van der Waals surface area contributed by atoms with Crippen LogP contribution in [0.1, 0.15) is 31.2 Å².